The van der Waals surface area contributed by atoms with Crippen LogP contribution in [0.5, 0.6) is 17.2 Å². The zero-order chi connectivity index (χ0) is 24.2. The molecule has 0 saturated heterocycles. The van der Waals surface area contributed by atoms with Crippen molar-refractivity contribution in [1.82, 2.24) is 4.98 Å². The van der Waals surface area contributed by atoms with Gasteiger partial charge in [0.15, 0.2) is 5.75 Å². The molecule has 0 amide bonds. The van der Waals surface area contributed by atoms with E-state index in [1.165, 1.54) is 10.5 Å². The summed E-state index contributed by atoms with van der Waals surface area (Å²) in [6, 6.07) is 34.5. The van der Waals surface area contributed by atoms with Gasteiger partial charge in [0.1, 0.15) is 23.6 Å². The summed E-state index contributed by atoms with van der Waals surface area (Å²) in [7, 11) is 0. The number of nitrogens with zero attached hydrogens (tertiary/aromatic N) is 1. The second kappa shape index (κ2) is 10.3. The van der Waals surface area contributed by atoms with Crippen LogP contribution in [0.15, 0.2) is 108 Å². The Morgan fingerprint density at radius 2 is 1.53 bits per heavy atom. The number of pyridine rings is 1. The van der Waals surface area contributed by atoms with E-state index in [0.29, 0.717) is 6.61 Å². The third kappa shape index (κ3) is 4.86. The van der Waals surface area contributed by atoms with Gasteiger partial charge in [-0.1, -0.05) is 78.9 Å². The molecule has 5 aromatic rings. The summed E-state index contributed by atoms with van der Waals surface area (Å²) in [5.41, 5.74) is 5.50. The maximum absolute atomic E-state index is 6.23. The summed E-state index contributed by atoms with van der Waals surface area (Å²) in [6.07, 6.45) is 5.28. The molecule has 2 heterocycles. The number of hydrogen-bond acceptors (Lipinski definition) is 4. The molecule has 0 N–H and O–H groups in total. The van der Waals surface area contributed by atoms with Crippen molar-refractivity contribution >= 4 is 34.8 Å². The summed E-state index contributed by atoms with van der Waals surface area (Å²) in [6.45, 7) is 0.564. The van der Waals surface area contributed by atoms with Crippen LogP contribution in [0.4, 0.5) is 0 Å². The molecule has 0 spiro atoms. The average molecular weight is 488 g/mol. The van der Waals surface area contributed by atoms with Gasteiger partial charge in [0.05, 0.1) is 5.69 Å². The normalized spacial score (nSPS) is 12.7. The van der Waals surface area contributed by atoms with Gasteiger partial charge in [-0.2, -0.15) is 0 Å². The monoisotopic (exact) mass is 487 g/mol. The van der Waals surface area contributed by atoms with Gasteiger partial charge >= 0.3 is 0 Å². The van der Waals surface area contributed by atoms with Crippen LogP contribution in [-0.2, 0) is 13.0 Å². The molecule has 36 heavy (non-hydrogen) atoms. The van der Waals surface area contributed by atoms with Crippen molar-refractivity contribution in [2.75, 3.05) is 5.75 Å². The Morgan fingerprint density at radius 1 is 0.750 bits per heavy atom. The zero-order valence-corrected chi connectivity index (χ0v) is 20.6. The Kier molecular flexibility index (Phi) is 6.43. The molecule has 0 saturated carbocycles. The molecule has 0 radical (unpaired) electrons. The standard InChI is InChI=1S/C32H25NO2S/c1-3-8-24(9-4-1)22-34-25-17-14-23(15-18-25)16-19-29-27-20-21-36-32(27)28-12-7-13-30(31(28)33-29)35-26-10-5-2-6-11-26/h1-19H,20-22H2. The lowest BCUT2D eigenvalue weighted by Crippen LogP contribution is -1.96. The Balaban J connectivity index is 1.26. The molecule has 0 bridgehead atoms. The zero-order valence-electron chi connectivity index (χ0n) is 19.8. The van der Waals surface area contributed by atoms with Crippen molar-refractivity contribution in [3.8, 4) is 17.2 Å². The quantitative estimate of drug-likeness (QED) is 0.231. The van der Waals surface area contributed by atoms with Gasteiger partial charge in [-0.3, -0.25) is 0 Å². The first-order valence-electron chi connectivity index (χ1n) is 12.1. The Labute approximate surface area is 215 Å². The molecule has 1 aliphatic heterocycles. The minimum atomic E-state index is 0.564. The highest BCUT2D eigenvalue weighted by Gasteiger charge is 2.21. The van der Waals surface area contributed by atoms with E-state index >= 15 is 0 Å². The Bertz CT molecular complexity index is 1510. The summed E-state index contributed by atoms with van der Waals surface area (Å²) in [5.74, 6) is 3.53. The van der Waals surface area contributed by atoms with E-state index in [9.17, 15) is 0 Å². The minimum absolute atomic E-state index is 0.564. The predicted molar refractivity (Wildman–Crippen MR) is 149 cm³/mol. The van der Waals surface area contributed by atoms with Crippen LogP contribution in [0.3, 0.4) is 0 Å². The second-order valence-electron chi connectivity index (χ2n) is 8.65. The maximum Gasteiger partial charge on any atom is 0.153 e. The molecule has 0 fully saturated rings. The van der Waals surface area contributed by atoms with E-state index in [-0.39, 0.29) is 0 Å². The smallest absolute Gasteiger partial charge is 0.153 e. The first kappa shape index (κ1) is 22.4. The number of fused-ring (bicyclic) bond motifs is 3. The average Bonchev–Trinajstić information content (AvgIpc) is 3.43. The fourth-order valence-corrected chi connectivity index (χ4v) is 5.59. The molecule has 4 aromatic carbocycles. The van der Waals surface area contributed by atoms with Gasteiger partial charge < -0.3 is 9.47 Å². The molecule has 6 rings (SSSR count). The minimum Gasteiger partial charge on any atom is -0.489 e. The lowest BCUT2D eigenvalue weighted by Gasteiger charge is -2.12. The van der Waals surface area contributed by atoms with Crippen molar-refractivity contribution in [2.45, 2.75) is 17.9 Å². The SMILES string of the molecule is C(=Cc1nc2c(Oc3ccccc3)cccc2c2c1CCS2)c1ccc(OCc2ccccc2)cc1. The number of aromatic nitrogens is 1. The first-order valence-corrected chi connectivity index (χ1v) is 13.1. The number of para-hydroxylation sites is 2. The Hall–Kier alpha value is -4.02. The molecule has 0 unspecified atom stereocenters. The maximum atomic E-state index is 6.23. The van der Waals surface area contributed by atoms with Crippen molar-refractivity contribution in [2.24, 2.45) is 0 Å². The Morgan fingerprint density at radius 3 is 2.33 bits per heavy atom. The van der Waals surface area contributed by atoms with Crippen LogP contribution in [0.2, 0.25) is 0 Å². The van der Waals surface area contributed by atoms with Gasteiger partial charge in [-0.15, -0.1) is 11.8 Å². The van der Waals surface area contributed by atoms with Crippen LogP contribution >= 0.6 is 11.8 Å². The number of ether oxygens (including phenoxy) is 2. The largest absolute Gasteiger partial charge is 0.489 e. The van der Waals surface area contributed by atoms with Crippen LogP contribution < -0.4 is 9.47 Å². The predicted octanol–water partition coefficient (Wildman–Crippen LogP) is 8.42. The van der Waals surface area contributed by atoms with Crippen LogP contribution in [0.25, 0.3) is 23.1 Å². The third-order valence-corrected chi connectivity index (χ3v) is 7.35. The number of benzene rings is 4. The van der Waals surface area contributed by atoms with Crippen LogP contribution in [-0.4, -0.2) is 10.7 Å². The van der Waals surface area contributed by atoms with Crippen molar-refractivity contribution in [3.63, 3.8) is 0 Å². The van der Waals surface area contributed by atoms with E-state index in [2.05, 4.69) is 48.6 Å². The van der Waals surface area contributed by atoms with E-state index in [1.807, 2.05) is 78.5 Å². The van der Waals surface area contributed by atoms with Gasteiger partial charge in [0, 0.05) is 16.0 Å². The van der Waals surface area contributed by atoms with Crippen LogP contribution in [0.1, 0.15) is 22.4 Å². The number of thioether (sulfide) groups is 1. The van der Waals surface area contributed by atoms with Crippen molar-refractivity contribution < 1.29 is 9.47 Å². The topological polar surface area (TPSA) is 31.4 Å². The van der Waals surface area contributed by atoms with Gasteiger partial charge in [-0.25, -0.2) is 4.98 Å². The number of rotatable bonds is 7. The number of hydrogen-bond donors (Lipinski definition) is 0. The van der Waals surface area contributed by atoms with Gasteiger partial charge in [0.25, 0.3) is 0 Å². The van der Waals surface area contributed by atoms with Gasteiger partial charge in [-0.05, 0) is 59.5 Å². The lowest BCUT2D eigenvalue weighted by atomic mass is 10.1. The molecule has 0 atom stereocenters. The first-order chi connectivity index (χ1) is 17.8. The fraction of sp³-hybridized carbons (Fsp3) is 0.0938. The van der Waals surface area contributed by atoms with Crippen LogP contribution in [0, 0.1) is 0 Å². The molecular formula is C32H25NO2S. The van der Waals surface area contributed by atoms with E-state index in [1.54, 1.807) is 0 Å². The highest BCUT2D eigenvalue weighted by molar-refractivity contribution is 7.99. The second-order valence-corrected chi connectivity index (χ2v) is 9.75. The van der Waals surface area contributed by atoms with E-state index in [4.69, 9.17) is 14.5 Å². The van der Waals surface area contributed by atoms with E-state index < -0.39 is 0 Å². The summed E-state index contributed by atoms with van der Waals surface area (Å²) in [5, 5.41) is 1.16. The van der Waals surface area contributed by atoms with Crippen molar-refractivity contribution in [3.05, 3.63) is 126 Å². The fourth-order valence-electron chi connectivity index (χ4n) is 4.38. The summed E-state index contributed by atoms with van der Waals surface area (Å²) < 4.78 is 12.2. The summed E-state index contributed by atoms with van der Waals surface area (Å²) in [4.78, 5) is 6.41. The molecule has 1 aliphatic rings. The van der Waals surface area contributed by atoms with Gasteiger partial charge in [0.2, 0.25) is 0 Å². The highest BCUT2D eigenvalue weighted by atomic mass is 32.2. The highest BCUT2D eigenvalue weighted by Crippen LogP contribution is 2.42. The molecular weight excluding hydrogens is 462 g/mol. The van der Waals surface area contributed by atoms with E-state index in [0.717, 1.165) is 57.1 Å². The molecule has 4 heteroatoms. The molecule has 176 valence electrons. The lowest BCUT2D eigenvalue weighted by molar-refractivity contribution is 0.306. The molecule has 3 nitrogen and oxygen atoms in total. The molecule has 1 aromatic heterocycles. The molecule has 0 aliphatic carbocycles. The summed E-state index contributed by atoms with van der Waals surface area (Å²) >= 11 is 1.91. The third-order valence-electron chi connectivity index (χ3n) is 6.19. The van der Waals surface area contributed by atoms with Crippen molar-refractivity contribution in [1.29, 1.82) is 0 Å².